The van der Waals surface area contributed by atoms with E-state index in [0.717, 1.165) is 12.8 Å². The monoisotopic (exact) mass is 493 g/mol. The molecule has 0 unspecified atom stereocenters. The van der Waals surface area contributed by atoms with Gasteiger partial charge in [-0.2, -0.15) is 4.31 Å². The van der Waals surface area contributed by atoms with E-state index in [0.29, 0.717) is 31.3 Å². The maximum Gasteiger partial charge on any atom is 0.255 e. The predicted molar refractivity (Wildman–Crippen MR) is 125 cm³/mol. The minimum Gasteiger partial charge on any atom is -0.493 e. The Morgan fingerprint density at radius 1 is 1.21 bits per heavy atom. The molecule has 34 heavy (non-hydrogen) atoms. The highest BCUT2D eigenvalue weighted by atomic mass is 32.2. The minimum atomic E-state index is -3.85. The molecule has 186 valence electrons. The number of amides is 1. The molecule has 11 heteroatoms. The Balaban J connectivity index is 1.87. The van der Waals surface area contributed by atoms with Crippen LogP contribution in [0.3, 0.4) is 0 Å². The number of nitrogens with zero attached hydrogens (tertiary/aromatic N) is 2. The van der Waals surface area contributed by atoms with E-state index in [-0.39, 0.29) is 41.6 Å². The summed E-state index contributed by atoms with van der Waals surface area (Å²) in [6.45, 7) is 3.83. The van der Waals surface area contributed by atoms with Gasteiger partial charge in [-0.15, -0.1) is 0 Å². The van der Waals surface area contributed by atoms with Crippen molar-refractivity contribution in [3.05, 3.63) is 41.6 Å². The van der Waals surface area contributed by atoms with Crippen LogP contribution in [0.15, 0.2) is 35.4 Å². The molecular formula is C23H31N3O7S. The SMILES string of the molecule is CCCCOc1ncccc1CNC(=O)c1cc(S(=O)(=O)N2CCOCC2)cc(OC)c1OC. The van der Waals surface area contributed by atoms with E-state index in [1.165, 1.54) is 30.7 Å². The molecule has 0 aliphatic carbocycles. The fourth-order valence-electron chi connectivity index (χ4n) is 3.47. The van der Waals surface area contributed by atoms with Crippen molar-refractivity contribution in [3.8, 4) is 17.4 Å². The highest BCUT2D eigenvalue weighted by Crippen LogP contribution is 2.35. The molecule has 1 fully saturated rings. The van der Waals surface area contributed by atoms with E-state index in [1.54, 1.807) is 12.3 Å². The topological polar surface area (TPSA) is 116 Å². The van der Waals surface area contributed by atoms with Gasteiger partial charge in [0.2, 0.25) is 15.9 Å². The number of methoxy groups -OCH3 is 2. The molecule has 0 radical (unpaired) electrons. The number of rotatable bonds is 11. The summed E-state index contributed by atoms with van der Waals surface area (Å²) in [5.74, 6) is 0.223. The van der Waals surface area contributed by atoms with E-state index in [1.807, 2.05) is 6.07 Å². The minimum absolute atomic E-state index is 0.0472. The van der Waals surface area contributed by atoms with Crippen molar-refractivity contribution in [1.82, 2.24) is 14.6 Å². The number of benzene rings is 1. The summed E-state index contributed by atoms with van der Waals surface area (Å²) in [5, 5.41) is 2.81. The zero-order chi connectivity index (χ0) is 24.6. The van der Waals surface area contributed by atoms with Crippen molar-refractivity contribution in [2.24, 2.45) is 0 Å². The summed E-state index contributed by atoms with van der Waals surface area (Å²) in [6, 6.07) is 6.24. The molecule has 1 amide bonds. The lowest BCUT2D eigenvalue weighted by Gasteiger charge is -2.26. The highest BCUT2D eigenvalue weighted by Gasteiger charge is 2.30. The Hall–Kier alpha value is -2.89. The van der Waals surface area contributed by atoms with Gasteiger partial charge < -0.3 is 24.3 Å². The molecule has 1 aromatic carbocycles. The van der Waals surface area contributed by atoms with Gasteiger partial charge >= 0.3 is 0 Å². The van der Waals surface area contributed by atoms with Crippen LogP contribution in [-0.2, 0) is 21.3 Å². The van der Waals surface area contributed by atoms with Crippen molar-refractivity contribution >= 4 is 15.9 Å². The first-order chi connectivity index (χ1) is 16.4. The fourth-order valence-corrected chi connectivity index (χ4v) is 4.92. The molecule has 2 aromatic rings. The van der Waals surface area contributed by atoms with E-state index in [4.69, 9.17) is 18.9 Å². The maximum atomic E-state index is 13.2. The van der Waals surface area contributed by atoms with Crippen molar-refractivity contribution in [1.29, 1.82) is 0 Å². The Kier molecular flexibility index (Phi) is 9.08. The van der Waals surface area contributed by atoms with Crippen LogP contribution in [0.4, 0.5) is 0 Å². The van der Waals surface area contributed by atoms with E-state index < -0.39 is 15.9 Å². The van der Waals surface area contributed by atoms with Crippen molar-refractivity contribution in [2.45, 2.75) is 31.2 Å². The molecule has 0 bridgehead atoms. The average molecular weight is 494 g/mol. The van der Waals surface area contributed by atoms with Gasteiger partial charge in [0.25, 0.3) is 5.91 Å². The van der Waals surface area contributed by atoms with E-state index in [2.05, 4.69) is 17.2 Å². The van der Waals surface area contributed by atoms with Gasteiger partial charge in [0.1, 0.15) is 0 Å². The van der Waals surface area contributed by atoms with E-state index >= 15 is 0 Å². The van der Waals surface area contributed by atoms with Crippen LogP contribution in [0.2, 0.25) is 0 Å². The smallest absolute Gasteiger partial charge is 0.255 e. The van der Waals surface area contributed by atoms with Crippen LogP contribution in [0.1, 0.15) is 35.7 Å². The molecular weight excluding hydrogens is 462 g/mol. The molecule has 1 aromatic heterocycles. The Labute approximate surface area is 200 Å². The zero-order valence-electron chi connectivity index (χ0n) is 19.7. The van der Waals surface area contributed by atoms with Crippen molar-refractivity contribution in [2.75, 3.05) is 47.1 Å². The van der Waals surface area contributed by atoms with Gasteiger partial charge in [-0.1, -0.05) is 19.4 Å². The zero-order valence-corrected chi connectivity index (χ0v) is 20.5. The first-order valence-electron chi connectivity index (χ1n) is 11.1. The largest absolute Gasteiger partial charge is 0.493 e. The standard InChI is InChI=1S/C23H31N3O7S/c1-4-5-11-33-23-17(7-6-8-24-23)16-25-22(27)19-14-18(15-20(30-2)21(19)31-3)34(28,29)26-9-12-32-13-10-26/h6-8,14-15H,4-5,9-13,16H2,1-3H3,(H,25,27). The molecule has 0 atom stereocenters. The number of carbonyl (C=O) groups is 1. The number of hydrogen-bond acceptors (Lipinski definition) is 8. The van der Waals surface area contributed by atoms with E-state index in [9.17, 15) is 13.2 Å². The number of morpholine rings is 1. The molecule has 3 rings (SSSR count). The number of aromatic nitrogens is 1. The second-order valence-electron chi connectivity index (χ2n) is 7.58. The fraction of sp³-hybridized carbons (Fsp3) is 0.478. The summed E-state index contributed by atoms with van der Waals surface area (Å²) >= 11 is 0. The summed E-state index contributed by atoms with van der Waals surface area (Å²) in [5.41, 5.74) is 0.751. The number of carbonyl (C=O) groups excluding carboxylic acids is 1. The van der Waals surface area contributed by atoms with Crippen LogP contribution in [0.5, 0.6) is 17.4 Å². The quantitative estimate of drug-likeness (QED) is 0.474. The normalized spacial score (nSPS) is 14.4. The summed E-state index contributed by atoms with van der Waals surface area (Å²) < 4.78 is 49.4. The lowest BCUT2D eigenvalue weighted by atomic mass is 10.1. The Morgan fingerprint density at radius 2 is 1.97 bits per heavy atom. The van der Waals surface area contributed by atoms with Gasteiger partial charge in [0.05, 0.1) is 44.5 Å². The van der Waals surface area contributed by atoms with Gasteiger partial charge in [-0.05, 0) is 18.6 Å². The first-order valence-corrected chi connectivity index (χ1v) is 12.5. The molecule has 0 spiro atoms. The van der Waals surface area contributed by atoms with Crippen molar-refractivity contribution < 1.29 is 32.2 Å². The Morgan fingerprint density at radius 3 is 2.65 bits per heavy atom. The van der Waals surface area contributed by atoms with Crippen LogP contribution in [0.25, 0.3) is 0 Å². The highest BCUT2D eigenvalue weighted by molar-refractivity contribution is 7.89. The third-order valence-corrected chi connectivity index (χ3v) is 7.21. The van der Waals surface area contributed by atoms with Gasteiger partial charge in [0, 0.05) is 37.5 Å². The van der Waals surface area contributed by atoms with Gasteiger partial charge in [0.15, 0.2) is 11.5 Å². The number of pyridine rings is 1. The number of ether oxygens (including phenoxy) is 4. The molecule has 1 aliphatic heterocycles. The second kappa shape index (κ2) is 12.0. The molecule has 1 N–H and O–H groups in total. The Bertz CT molecular complexity index is 1090. The summed E-state index contributed by atoms with van der Waals surface area (Å²) in [6.07, 6.45) is 3.51. The second-order valence-corrected chi connectivity index (χ2v) is 9.51. The van der Waals surface area contributed by atoms with Crippen molar-refractivity contribution in [3.63, 3.8) is 0 Å². The third kappa shape index (κ3) is 5.96. The number of unbranched alkanes of at least 4 members (excludes halogenated alkanes) is 1. The number of hydrogen-bond donors (Lipinski definition) is 1. The predicted octanol–water partition coefficient (Wildman–Crippen LogP) is 2.23. The molecule has 1 aliphatic rings. The lowest BCUT2D eigenvalue weighted by molar-refractivity contribution is 0.0730. The lowest BCUT2D eigenvalue weighted by Crippen LogP contribution is -2.40. The number of nitrogens with one attached hydrogen (secondary N) is 1. The van der Waals surface area contributed by atoms with Gasteiger partial charge in [-0.25, -0.2) is 13.4 Å². The molecule has 2 heterocycles. The summed E-state index contributed by atoms with van der Waals surface area (Å²) in [4.78, 5) is 17.4. The van der Waals surface area contributed by atoms with Crippen LogP contribution in [-0.4, -0.2) is 70.7 Å². The first kappa shape index (κ1) is 25.7. The number of sulfonamides is 1. The molecule has 10 nitrogen and oxygen atoms in total. The van der Waals surface area contributed by atoms with Crippen LogP contribution < -0.4 is 19.5 Å². The van der Waals surface area contributed by atoms with Crippen LogP contribution in [0, 0.1) is 0 Å². The maximum absolute atomic E-state index is 13.2. The summed E-state index contributed by atoms with van der Waals surface area (Å²) in [7, 11) is -1.07. The van der Waals surface area contributed by atoms with Crippen LogP contribution >= 0.6 is 0 Å². The van der Waals surface area contributed by atoms with Gasteiger partial charge in [-0.3, -0.25) is 4.79 Å². The molecule has 1 saturated heterocycles. The third-order valence-electron chi connectivity index (χ3n) is 5.33. The average Bonchev–Trinajstić information content (AvgIpc) is 2.87. The molecule has 0 saturated carbocycles.